The van der Waals surface area contributed by atoms with E-state index < -0.39 is 0 Å². The van der Waals surface area contributed by atoms with E-state index in [0.29, 0.717) is 10.8 Å². The van der Waals surface area contributed by atoms with Crippen molar-refractivity contribution in [2.75, 3.05) is 0 Å². The molecule has 0 nitrogen and oxygen atoms in total. The van der Waals surface area contributed by atoms with Gasteiger partial charge in [0.2, 0.25) is 0 Å². The predicted molar refractivity (Wildman–Crippen MR) is 62.3 cm³/mol. The van der Waals surface area contributed by atoms with Gasteiger partial charge in [0.05, 0.1) is 7.85 Å². The summed E-state index contributed by atoms with van der Waals surface area (Å²) in [5.41, 5.74) is 0.780. The van der Waals surface area contributed by atoms with Crippen molar-refractivity contribution in [3.05, 3.63) is 0 Å². The average Bonchev–Trinajstić information content (AvgIpc) is 2.20. The first-order valence-corrected chi connectivity index (χ1v) is 5.75. The van der Waals surface area contributed by atoms with Crippen molar-refractivity contribution < 1.29 is 0 Å². The normalized spacial score (nSPS) is 13.3. The second-order valence-corrected chi connectivity index (χ2v) is 4.46. The van der Waals surface area contributed by atoms with E-state index in [0.717, 1.165) is 6.32 Å². The summed E-state index contributed by atoms with van der Waals surface area (Å²) in [6, 6.07) is 0. The van der Waals surface area contributed by atoms with Gasteiger partial charge < -0.3 is 0 Å². The van der Waals surface area contributed by atoms with Crippen molar-refractivity contribution in [3.63, 3.8) is 0 Å². The molecule has 0 aromatic rings. The average molecular weight is 180 g/mol. The van der Waals surface area contributed by atoms with Gasteiger partial charge in [-0.05, 0) is 10.8 Å². The zero-order valence-electron chi connectivity index (χ0n) is 10.1. The van der Waals surface area contributed by atoms with Crippen LogP contribution in [0.4, 0.5) is 0 Å². The maximum absolute atomic E-state index is 5.97. The van der Waals surface area contributed by atoms with Crippen LogP contribution in [0.2, 0.25) is 6.32 Å². The minimum atomic E-state index is 0.358. The Morgan fingerprint density at radius 2 is 1.23 bits per heavy atom. The van der Waals surface area contributed by atoms with Gasteiger partial charge in [-0.25, -0.2) is 0 Å². The molecule has 0 spiro atoms. The van der Waals surface area contributed by atoms with Crippen LogP contribution in [-0.2, 0) is 0 Å². The Balaban J connectivity index is 4.87. The van der Waals surface area contributed by atoms with Crippen molar-refractivity contribution in [3.8, 4) is 0 Å². The highest BCUT2D eigenvalue weighted by Gasteiger charge is 2.40. The van der Waals surface area contributed by atoms with Crippen LogP contribution in [0.15, 0.2) is 0 Å². The molecule has 0 bridgehead atoms. The largest absolute Gasteiger partial charge is 0.0827 e. The van der Waals surface area contributed by atoms with Crippen LogP contribution in [0.3, 0.4) is 0 Å². The molecule has 0 unspecified atom stereocenters. The highest BCUT2D eigenvalue weighted by molar-refractivity contribution is 6.09. The van der Waals surface area contributed by atoms with Crippen molar-refractivity contribution in [1.29, 1.82) is 0 Å². The molecule has 0 amide bonds. The van der Waals surface area contributed by atoms with E-state index in [1.807, 2.05) is 0 Å². The van der Waals surface area contributed by atoms with Gasteiger partial charge in [0.1, 0.15) is 0 Å². The second kappa shape index (κ2) is 5.07. The third kappa shape index (κ3) is 2.11. The van der Waals surface area contributed by atoms with Gasteiger partial charge in [-0.1, -0.05) is 66.6 Å². The number of hydrogen-bond acceptors (Lipinski definition) is 0. The summed E-state index contributed by atoms with van der Waals surface area (Å²) in [4.78, 5) is 0. The third-order valence-electron chi connectivity index (χ3n) is 4.59. The maximum Gasteiger partial charge on any atom is 0.0660 e. The van der Waals surface area contributed by atoms with E-state index in [1.54, 1.807) is 0 Å². The van der Waals surface area contributed by atoms with Crippen molar-refractivity contribution in [2.45, 2.75) is 66.6 Å². The van der Waals surface area contributed by atoms with Crippen LogP contribution >= 0.6 is 0 Å². The van der Waals surface area contributed by atoms with E-state index >= 15 is 0 Å². The Kier molecular flexibility index (Phi) is 5.10. The van der Waals surface area contributed by atoms with Crippen LogP contribution in [-0.4, -0.2) is 7.85 Å². The summed E-state index contributed by atoms with van der Waals surface area (Å²) in [6.07, 6.45) is 5.72. The topological polar surface area (TPSA) is 0 Å². The molecule has 0 heterocycles. The molecular formula is C12H25B. The monoisotopic (exact) mass is 180 g/mol. The van der Waals surface area contributed by atoms with Gasteiger partial charge in [0.25, 0.3) is 0 Å². The fourth-order valence-corrected chi connectivity index (χ4v) is 2.64. The van der Waals surface area contributed by atoms with Crippen LogP contribution < -0.4 is 0 Å². The molecule has 13 heavy (non-hydrogen) atoms. The predicted octanol–water partition coefficient (Wildman–Crippen LogP) is 4.21. The van der Waals surface area contributed by atoms with Gasteiger partial charge in [-0.3, -0.25) is 0 Å². The first-order valence-electron chi connectivity index (χ1n) is 5.75. The minimum Gasteiger partial charge on any atom is -0.0827 e. The van der Waals surface area contributed by atoms with Gasteiger partial charge in [-0.2, -0.15) is 0 Å². The summed E-state index contributed by atoms with van der Waals surface area (Å²) in [6.45, 7) is 11.5. The summed E-state index contributed by atoms with van der Waals surface area (Å²) < 4.78 is 0. The molecule has 0 rings (SSSR count). The Bertz CT molecular complexity index is 124. The van der Waals surface area contributed by atoms with Crippen LogP contribution in [0.5, 0.6) is 0 Å². The zero-order valence-corrected chi connectivity index (χ0v) is 10.1. The van der Waals surface area contributed by atoms with Gasteiger partial charge >= 0.3 is 0 Å². The molecule has 0 aromatic heterocycles. The van der Waals surface area contributed by atoms with E-state index in [-0.39, 0.29) is 0 Å². The lowest BCUT2D eigenvalue weighted by atomic mass is 9.54. The summed E-state index contributed by atoms with van der Waals surface area (Å²) in [5, 5.41) is 0. The fourth-order valence-electron chi connectivity index (χ4n) is 2.64. The molecule has 0 aliphatic heterocycles. The molecule has 76 valence electrons. The molecule has 0 saturated heterocycles. The fraction of sp³-hybridized carbons (Fsp3) is 1.00. The molecule has 0 saturated carbocycles. The molecule has 0 atom stereocenters. The third-order valence-corrected chi connectivity index (χ3v) is 4.59. The lowest BCUT2D eigenvalue weighted by molar-refractivity contribution is 0.0507. The molecule has 1 heteroatoms. The van der Waals surface area contributed by atoms with Crippen molar-refractivity contribution in [2.24, 2.45) is 10.8 Å². The van der Waals surface area contributed by atoms with E-state index in [2.05, 4.69) is 34.6 Å². The maximum atomic E-state index is 5.97. The van der Waals surface area contributed by atoms with Gasteiger partial charge in [-0.15, -0.1) is 0 Å². The van der Waals surface area contributed by atoms with Crippen LogP contribution in [0.25, 0.3) is 0 Å². The van der Waals surface area contributed by atoms with Gasteiger partial charge in [0, 0.05) is 0 Å². The summed E-state index contributed by atoms with van der Waals surface area (Å²) in [7, 11) is 5.97. The molecule has 0 N–H and O–H groups in total. The van der Waals surface area contributed by atoms with E-state index in [4.69, 9.17) is 7.85 Å². The SMILES string of the molecule is [B]CC(CC)(CC)C(C)(CC)CC. The Morgan fingerprint density at radius 1 is 0.846 bits per heavy atom. The second-order valence-electron chi connectivity index (χ2n) is 4.46. The smallest absolute Gasteiger partial charge is 0.0660 e. The van der Waals surface area contributed by atoms with E-state index in [9.17, 15) is 0 Å². The Morgan fingerprint density at radius 3 is 1.31 bits per heavy atom. The molecule has 0 aromatic carbocycles. The Labute approximate surface area is 85.9 Å². The Hall–Kier alpha value is 0.0649. The van der Waals surface area contributed by atoms with Crippen LogP contribution in [0, 0.1) is 10.8 Å². The lowest BCUT2D eigenvalue weighted by Crippen LogP contribution is -2.38. The minimum absolute atomic E-state index is 0.358. The molecule has 0 aliphatic carbocycles. The number of rotatable bonds is 6. The molecular weight excluding hydrogens is 155 g/mol. The zero-order chi connectivity index (χ0) is 10.5. The van der Waals surface area contributed by atoms with Crippen molar-refractivity contribution in [1.82, 2.24) is 0 Å². The van der Waals surface area contributed by atoms with Crippen molar-refractivity contribution >= 4 is 7.85 Å². The molecule has 0 fully saturated rings. The standard InChI is InChI=1S/C12H25B/c1-6-11(5,7-2)12(8-3,9-4)10-13/h6-10H2,1-5H3. The first-order chi connectivity index (χ1) is 6.05. The highest BCUT2D eigenvalue weighted by Crippen LogP contribution is 2.51. The van der Waals surface area contributed by atoms with Gasteiger partial charge in [0.15, 0.2) is 0 Å². The first kappa shape index (κ1) is 13.1. The summed E-state index contributed by atoms with van der Waals surface area (Å²) in [5.74, 6) is 0. The molecule has 0 aliphatic rings. The van der Waals surface area contributed by atoms with E-state index in [1.165, 1.54) is 25.7 Å². The molecule has 2 radical (unpaired) electrons. The van der Waals surface area contributed by atoms with Crippen LogP contribution in [0.1, 0.15) is 60.3 Å². The highest BCUT2D eigenvalue weighted by atomic mass is 14.4. The lowest BCUT2D eigenvalue weighted by Gasteiger charge is -2.48. The quantitative estimate of drug-likeness (QED) is 0.537. The number of hydrogen-bond donors (Lipinski definition) is 0. The summed E-state index contributed by atoms with van der Waals surface area (Å²) >= 11 is 0.